The zero-order valence-corrected chi connectivity index (χ0v) is 10.1. The third kappa shape index (κ3) is 2.08. The van der Waals surface area contributed by atoms with Crippen LogP contribution < -0.4 is 4.90 Å². The molecule has 1 aliphatic rings. The molecule has 1 fully saturated rings. The second-order valence-electron chi connectivity index (χ2n) is 4.80. The average Bonchev–Trinajstić information content (AvgIpc) is 2.58. The number of hydrogen-bond donors (Lipinski definition) is 0. The Morgan fingerprint density at radius 1 is 1.44 bits per heavy atom. The zero-order valence-electron chi connectivity index (χ0n) is 10.1. The van der Waals surface area contributed by atoms with Gasteiger partial charge in [0.1, 0.15) is 5.69 Å². The van der Waals surface area contributed by atoms with Crippen LogP contribution in [0.3, 0.4) is 0 Å². The van der Waals surface area contributed by atoms with Crippen molar-refractivity contribution in [2.24, 2.45) is 5.92 Å². The minimum Gasteiger partial charge on any atom is -0.367 e. The van der Waals surface area contributed by atoms with Crippen LogP contribution in [0.25, 0.3) is 0 Å². The summed E-state index contributed by atoms with van der Waals surface area (Å²) in [4.78, 5) is 17.7. The molecule has 16 heavy (non-hydrogen) atoms. The molecule has 0 radical (unpaired) electrons. The Morgan fingerprint density at radius 2 is 2.19 bits per heavy atom. The maximum Gasteiger partial charge on any atom is 0.178 e. The van der Waals surface area contributed by atoms with Crippen molar-refractivity contribution < 1.29 is 4.79 Å². The number of Topliss-reactive ketones (excluding diaryl/α,β-unsaturated/α-hetero) is 1. The van der Waals surface area contributed by atoms with Gasteiger partial charge in [0.15, 0.2) is 5.78 Å². The molecule has 0 aliphatic carbocycles. The van der Waals surface area contributed by atoms with Gasteiger partial charge in [-0.1, -0.05) is 6.92 Å². The summed E-state index contributed by atoms with van der Waals surface area (Å²) in [6, 6.07) is 4.38. The lowest BCUT2D eigenvalue weighted by Gasteiger charge is -2.23. The minimum absolute atomic E-state index is 0.0226. The first-order valence-electron chi connectivity index (χ1n) is 5.81. The van der Waals surface area contributed by atoms with Gasteiger partial charge in [-0.25, -0.2) is 0 Å². The van der Waals surface area contributed by atoms with Crippen molar-refractivity contribution >= 4 is 11.5 Å². The van der Waals surface area contributed by atoms with E-state index in [1.165, 1.54) is 6.42 Å². The lowest BCUT2D eigenvalue weighted by Crippen LogP contribution is -2.26. The Bertz CT molecular complexity index is 385. The zero-order chi connectivity index (χ0) is 11.7. The lowest BCUT2D eigenvalue weighted by molar-refractivity contribution is 0.101. The van der Waals surface area contributed by atoms with E-state index in [9.17, 15) is 4.79 Å². The molecular weight excluding hydrogens is 200 g/mol. The highest BCUT2D eigenvalue weighted by atomic mass is 16.1. The topological polar surface area (TPSA) is 33.2 Å². The average molecular weight is 218 g/mol. The number of aromatic nitrogens is 1. The number of carbonyl (C=O) groups is 1. The van der Waals surface area contributed by atoms with Gasteiger partial charge < -0.3 is 4.90 Å². The monoisotopic (exact) mass is 218 g/mol. The van der Waals surface area contributed by atoms with Crippen LogP contribution in [0.2, 0.25) is 0 Å². The summed E-state index contributed by atoms with van der Waals surface area (Å²) in [5.41, 5.74) is 1.67. The van der Waals surface area contributed by atoms with E-state index >= 15 is 0 Å². The fraction of sp³-hybridized carbons (Fsp3) is 0.538. The predicted octanol–water partition coefficient (Wildman–Crippen LogP) is 2.52. The molecule has 2 unspecified atom stereocenters. The van der Waals surface area contributed by atoms with Gasteiger partial charge in [-0.15, -0.1) is 0 Å². The van der Waals surface area contributed by atoms with Gasteiger partial charge in [0.25, 0.3) is 0 Å². The van der Waals surface area contributed by atoms with Crippen LogP contribution in [0, 0.1) is 5.92 Å². The number of nitrogens with zero attached hydrogens (tertiary/aromatic N) is 2. The van der Waals surface area contributed by atoms with Gasteiger partial charge in [-0.2, -0.15) is 0 Å². The van der Waals surface area contributed by atoms with Gasteiger partial charge in [0.05, 0.1) is 11.9 Å². The Hall–Kier alpha value is -1.38. The van der Waals surface area contributed by atoms with Gasteiger partial charge in [0, 0.05) is 19.5 Å². The first-order valence-corrected chi connectivity index (χ1v) is 5.81. The fourth-order valence-corrected chi connectivity index (χ4v) is 2.42. The van der Waals surface area contributed by atoms with E-state index in [1.807, 2.05) is 18.3 Å². The number of pyridine rings is 1. The minimum atomic E-state index is 0.0226. The summed E-state index contributed by atoms with van der Waals surface area (Å²) in [6.45, 7) is 7.14. The molecule has 0 saturated carbocycles. The smallest absolute Gasteiger partial charge is 0.178 e. The van der Waals surface area contributed by atoms with Crippen LogP contribution in [-0.4, -0.2) is 23.4 Å². The molecule has 0 bridgehead atoms. The molecule has 86 valence electrons. The van der Waals surface area contributed by atoms with Crippen LogP contribution in [0.15, 0.2) is 18.3 Å². The molecule has 2 rings (SSSR count). The first-order chi connectivity index (χ1) is 7.58. The van der Waals surface area contributed by atoms with Crippen LogP contribution in [0.4, 0.5) is 5.69 Å². The summed E-state index contributed by atoms with van der Waals surface area (Å²) in [7, 11) is 0. The van der Waals surface area contributed by atoms with E-state index in [4.69, 9.17) is 0 Å². The Balaban J connectivity index is 2.19. The normalized spacial score (nSPS) is 24.8. The summed E-state index contributed by atoms with van der Waals surface area (Å²) < 4.78 is 0. The van der Waals surface area contributed by atoms with Crippen LogP contribution in [0.5, 0.6) is 0 Å². The number of carbonyl (C=O) groups excluding carboxylic acids is 1. The number of ketones is 1. The number of hydrogen-bond acceptors (Lipinski definition) is 3. The van der Waals surface area contributed by atoms with Gasteiger partial charge in [0.2, 0.25) is 0 Å². The molecule has 1 aromatic heterocycles. The standard InChI is InChI=1S/C13H18N2O/c1-9-6-10(2)15(8-9)12-4-5-13(11(3)16)14-7-12/h4-5,7,9-10H,6,8H2,1-3H3. The summed E-state index contributed by atoms with van der Waals surface area (Å²) >= 11 is 0. The summed E-state index contributed by atoms with van der Waals surface area (Å²) in [5.74, 6) is 0.761. The Labute approximate surface area is 96.5 Å². The molecule has 1 aliphatic heterocycles. The van der Waals surface area contributed by atoms with E-state index in [0.717, 1.165) is 18.2 Å². The van der Waals surface area contributed by atoms with Crippen molar-refractivity contribution in [3.8, 4) is 0 Å². The first kappa shape index (κ1) is 11.1. The van der Waals surface area contributed by atoms with Crippen LogP contribution in [-0.2, 0) is 0 Å². The summed E-state index contributed by atoms with van der Waals surface area (Å²) in [6.07, 6.45) is 3.04. The predicted molar refractivity (Wildman–Crippen MR) is 64.8 cm³/mol. The highest BCUT2D eigenvalue weighted by Crippen LogP contribution is 2.28. The van der Waals surface area contributed by atoms with E-state index < -0.39 is 0 Å². The third-order valence-corrected chi connectivity index (χ3v) is 3.22. The third-order valence-electron chi connectivity index (χ3n) is 3.22. The molecule has 0 spiro atoms. The van der Waals surface area contributed by atoms with E-state index in [1.54, 1.807) is 6.92 Å². The summed E-state index contributed by atoms with van der Waals surface area (Å²) in [5, 5.41) is 0. The van der Waals surface area contributed by atoms with Gasteiger partial charge in [-0.05, 0) is 31.4 Å². The molecule has 1 aromatic rings. The van der Waals surface area contributed by atoms with Crippen LogP contribution in [0.1, 0.15) is 37.7 Å². The van der Waals surface area contributed by atoms with E-state index in [0.29, 0.717) is 11.7 Å². The largest absolute Gasteiger partial charge is 0.367 e. The fourth-order valence-electron chi connectivity index (χ4n) is 2.42. The van der Waals surface area contributed by atoms with E-state index in [-0.39, 0.29) is 5.78 Å². The van der Waals surface area contributed by atoms with Gasteiger partial charge >= 0.3 is 0 Å². The maximum atomic E-state index is 11.1. The maximum absolute atomic E-state index is 11.1. The quantitative estimate of drug-likeness (QED) is 0.715. The molecular formula is C13H18N2O. The Kier molecular flexibility index (Phi) is 2.95. The second kappa shape index (κ2) is 4.24. The van der Waals surface area contributed by atoms with Crippen molar-refractivity contribution in [3.63, 3.8) is 0 Å². The molecule has 0 amide bonds. The van der Waals surface area contributed by atoms with E-state index in [2.05, 4.69) is 23.7 Å². The van der Waals surface area contributed by atoms with Crippen molar-refractivity contribution in [3.05, 3.63) is 24.0 Å². The molecule has 2 heterocycles. The molecule has 1 saturated heterocycles. The highest BCUT2D eigenvalue weighted by Gasteiger charge is 2.26. The number of anilines is 1. The van der Waals surface area contributed by atoms with Gasteiger partial charge in [-0.3, -0.25) is 9.78 Å². The van der Waals surface area contributed by atoms with Crippen molar-refractivity contribution in [1.82, 2.24) is 4.98 Å². The van der Waals surface area contributed by atoms with Crippen molar-refractivity contribution in [2.75, 3.05) is 11.4 Å². The van der Waals surface area contributed by atoms with Crippen molar-refractivity contribution in [2.45, 2.75) is 33.2 Å². The molecule has 2 atom stereocenters. The molecule has 3 heteroatoms. The Morgan fingerprint density at radius 3 is 2.62 bits per heavy atom. The second-order valence-corrected chi connectivity index (χ2v) is 4.80. The van der Waals surface area contributed by atoms with Crippen molar-refractivity contribution in [1.29, 1.82) is 0 Å². The van der Waals surface area contributed by atoms with Crippen LogP contribution >= 0.6 is 0 Å². The lowest BCUT2D eigenvalue weighted by atomic mass is 10.1. The highest BCUT2D eigenvalue weighted by molar-refractivity contribution is 5.92. The molecule has 0 N–H and O–H groups in total. The number of rotatable bonds is 2. The SMILES string of the molecule is CC(=O)c1ccc(N2CC(C)CC2C)cn1. The molecule has 0 aromatic carbocycles. The molecule has 3 nitrogen and oxygen atoms in total.